The van der Waals surface area contributed by atoms with E-state index in [1.165, 1.54) is 29.5 Å². The molecule has 0 aliphatic heterocycles. The van der Waals surface area contributed by atoms with Gasteiger partial charge in [-0.1, -0.05) is 41.4 Å². The normalized spacial score (nSPS) is 22.4. The summed E-state index contributed by atoms with van der Waals surface area (Å²) in [6.07, 6.45) is 19.2. The lowest BCUT2D eigenvalue weighted by molar-refractivity contribution is -0.119. The molecule has 4 aliphatic rings. The molecule has 0 unspecified atom stereocenters. The Morgan fingerprint density at radius 1 is 0.639 bits per heavy atom. The van der Waals surface area contributed by atoms with Crippen LogP contribution in [-0.2, 0) is 16.0 Å². The number of rotatable bonds is 8. The van der Waals surface area contributed by atoms with Crippen molar-refractivity contribution in [2.45, 2.75) is 57.8 Å². The third kappa shape index (κ3) is 10.5. The molecule has 2 saturated carbocycles. The van der Waals surface area contributed by atoms with Crippen molar-refractivity contribution in [2.24, 2.45) is 35.5 Å². The van der Waals surface area contributed by atoms with Crippen LogP contribution in [-0.4, -0.2) is 31.0 Å². The summed E-state index contributed by atoms with van der Waals surface area (Å²) in [7, 11) is 0. The van der Waals surface area contributed by atoms with Crippen LogP contribution >= 0.6 is 34.8 Å². The number of ketones is 1. The molecular weight excluding hydrogens is 835 g/mol. The van der Waals surface area contributed by atoms with Gasteiger partial charge in [0.25, 0.3) is 0 Å². The summed E-state index contributed by atoms with van der Waals surface area (Å²) in [5, 5.41) is 2.45. The Kier molecular flexibility index (Phi) is 13.2. The number of carbonyl (C=O) groups excluding carboxylic acids is 2. The second-order valence-electron chi connectivity index (χ2n) is 16.7. The number of hydrogen-bond acceptors (Lipinski definition) is 7. The van der Waals surface area contributed by atoms with Gasteiger partial charge in [0, 0.05) is 48.6 Å². The third-order valence-electron chi connectivity index (χ3n) is 12.5. The Balaban J connectivity index is 0.000000146. The molecule has 2 fully saturated rings. The summed E-state index contributed by atoms with van der Waals surface area (Å²) in [5.74, 6) is 2.85. The Bertz CT molecular complexity index is 2620. The minimum absolute atomic E-state index is 0.227. The summed E-state index contributed by atoms with van der Waals surface area (Å²) >= 11 is 16.8. The molecule has 6 aromatic rings. The first-order valence-corrected chi connectivity index (χ1v) is 21.8. The van der Waals surface area contributed by atoms with Gasteiger partial charge in [0.1, 0.15) is 27.7 Å². The van der Waals surface area contributed by atoms with Crippen molar-refractivity contribution in [3.8, 4) is 0 Å². The van der Waals surface area contributed by atoms with Gasteiger partial charge in [0.05, 0.1) is 22.9 Å². The monoisotopic (exact) mass is 877 g/mol. The van der Waals surface area contributed by atoms with Crippen LogP contribution in [0.4, 0.5) is 14.5 Å². The zero-order valence-electron chi connectivity index (χ0n) is 33.3. The molecule has 0 amide bonds. The molecule has 7 nitrogen and oxygen atoms in total. The van der Waals surface area contributed by atoms with E-state index in [1.54, 1.807) is 61.1 Å². The molecule has 10 rings (SSSR count). The largest absolute Gasteiger partial charge is 0.397 e. The van der Waals surface area contributed by atoms with Crippen LogP contribution in [0.2, 0.25) is 10.3 Å². The maximum absolute atomic E-state index is 13.8. The minimum atomic E-state index is -0.231. The first-order chi connectivity index (χ1) is 29.4. The first-order valence-electron chi connectivity index (χ1n) is 20.6. The number of nitrogens with two attached hydrogens (primary N) is 1. The SMILES string of the molecule is Nc1ccc(Cl)nc1.O=C(Cc1ccc(Cl)nc1)C[C@@H]1C[C@@H]2CC(c3ccnc4ccc(F)cc34)=C[C@@H]2C1.O=C(Cl)C[C@@H]1C[C@@H]2CC(c3ccnc4ccc(F)cc34)=C[C@@H]2C1. The molecule has 0 radical (unpaired) electrons. The van der Waals surface area contributed by atoms with Crippen LogP contribution in [0.15, 0.2) is 110 Å². The van der Waals surface area contributed by atoms with Gasteiger partial charge in [-0.25, -0.2) is 18.7 Å². The number of Topliss-reactive ketones (excluding diaryl/α,β-unsaturated/α-hetero) is 1. The molecule has 6 atom stereocenters. The van der Waals surface area contributed by atoms with Crippen LogP contribution in [0.3, 0.4) is 0 Å². The zero-order chi connectivity index (χ0) is 42.6. The Morgan fingerprint density at radius 2 is 1.16 bits per heavy atom. The van der Waals surface area contributed by atoms with E-state index in [0.717, 1.165) is 77.0 Å². The van der Waals surface area contributed by atoms with Crippen LogP contribution in [0.5, 0.6) is 0 Å². The highest BCUT2D eigenvalue weighted by Gasteiger charge is 2.39. The van der Waals surface area contributed by atoms with Crippen molar-refractivity contribution in [1.29, 1.82) is 0 Å². The molecule has 4 aliphatic carbocycles. The standard InChI is InChI=1S/C25H22ClFN2O.C19H17ClFNO.C5H5ClN2/c26-25-4-1-15(14-29-25)9-21(30)10-16-7-17-11-19(12-18(17)8-16)22-5-6-28-24-3-2-20(27)13-23(22)24;20-19(23)7-11-5-12-8-14(9-13(12)6-11)16-3-4-22-18-2-1-15(21)10-17(16)18;6-5-2-1-4(7)3-8-5/h1-6,11,13-14,16-18H,7-10,12H2;1-4,8,10-13H,5-7,9H2;1-3H,7H2/t16-,17-,18+;11-,12-,13+;/m00./s1. The molecule has 12 heteroatoms. The zero-order valence-corrected chi connectivity index (χ0v) is 35.6. The summed E-state index contributed by atoms with van der Waals surface area (Å²) in [4.78, 5) is 40.1. The smallest absolute Gasteiger partial charge is 0.221 e. The molecular formula is C49H44Cl3F2N5O2. The van der Waals surface area contributed by atoms with E-state index in [2.05, 4.69) is 32.1 Å². The first kappa shape index (κ1) is 42.6. The van der Waals surface area contributed by atoms with Gasteiger partial charge < -0.3 is 5.73 Å². The number of nitrogen functional groups attached to an aromatic ring is 1. The molecule has 4 heterocycles. The van der Waals surface area contributed by atoms with E-state index < -0.39 is 0 Å². The van der Waals surface area contributed by atoms with Gasteiger partial charge in [-0.3, -0.25) is 19.6 Å². The lowest BCUT2D eigenvalue weighted by Crippen LogP contribution is -2.09. The predicted octanol–water partition coefficient (Wildman–Crippen LogP) is 12.3. The van der Waals surface area contributed by atoms with Crippen LogP contribution in [0, 0.1) is 47.1 Å². The molecule has 0 saturated heterocycles. The van der Waals surface area contributed by atoms with E-state index in [0.29, 0.717) is 70.8 Å². The number of pyridine rings is 4. The number of allylic oxidation sites excluding steroid dienone is 4. The second kappa shape index (κ2) is 18.9. The number of halogens is 5. The van der Waals surface area contributed by atoms with Crippen molar-refractivity contribution < 1.29 is 18.4 Å². The molecule has 2 N–H and O–H groups in total. The third-order valence-corrected chi connectivity index (χ3v) is 13.1. The lowest BCUT2D eigenvalue weighted by atomic mass is 9.93. The predicted molar refractivity (Wildman–Crippen MR) is 240 cm³/mol. The quantitative estimate of drug-likeness (QED) is 0.120. The van der Waals surface area contributed by atoms with E-state index in [1.807, 2.05) is 18.2 Å². The van der Waals surface area contributed by atoms with E-state index in [4.69, 9.17) is 40.5 Å². The van der Waals surface area contributed by atoms with E-state index >= 15 is 0 Å². The minimum Gasteiger partial charge on any atom is -0.397 e. The van der Waals surface area contributed by atoms with E-state index in [-0.39, 0.29) is 22.7 Å². The number of benzene rings is 2. The van der Waals surface area contributed by atoms with Gasteiger partial charge in [0.2, 0.25) is 5.24 Å². The number of anilines is 1. The van der Waals surface area contributed by atoms with Crippen LogP contribution in [0.1, 0.15) is 68.1 Å². The van der Waals surface area contributed by atoms with Crippen molar-refractivity contribution in [3.63, 3.8) is 0 Å². The van der Waals surface area contributed by atoms with E-state index in [9.17, 15) is 18.4 Å². The van der Waals surface area contributed by atoms with Crippen molar-refractivity contribution in [1.82, 2.24) is 19.9 Å². The highest BCUT2D eigenvalue weighted by molar-refractivity contribution is 6.63. The number of carbonyl (C=O) groups is 2. The van der Waals surface area contributed by atoms with Crippen LogP contribution < -0.4 is 5.73 Å². The number of hydrogen-bond donors (Lipinski definition) is 1. The Labute approximate surface area is 368 Å². The molecule has 0 spiro atoms. The van der Waals surface area contributed by atoms with Crippen molar-refractivity contribution in [2.75, 3.05) is 5.73 Å². The maximum Gasteiger partial charge on any atom is 0.221 e. The Hall–Kier alpha value is -5.09. The molecule has 61 heavy (non-hydrogen) atoms. The average molecular weight is 879 g/mol. The van der Waals surface area contributed by atoms with Gasteiger partial charge >= 0.3 is 0 Å². The number of nitrogens with zero attached hydrogens (tertiary/aromatic N) is 4. The van der Waals surface area contributed by atoms with Crippen LogP contribution in [0.25, 0.3) is 33.0 Å². The van der Waals surface area contributed by atoms with Gasteiger partial charge in [-0.05, 0) is 180 Å². The summed E-state index contributed by atoms with van der Waals surface area (Å²) in [6.45, 7) is 0. The summed E-state index contributed by atoms with van der Waals surface area (Å²) < 4.78 is 27.4. The fourth-order valence-electron chi connectivity index (χ4n) is 9.93. The van der Waals surface area contributed by atoms with Gasteiger partial charge in [-0.2, -0.15) is 0 Å². The highest BCUT2D eigenvalue weighted by Crippen LogP contribution is 2.51. The summed E-state index contributed by atoms with van der Waals surface area (Å²) in [6, 6.07) is 20.5. The molecule has 312 valence electrons. The molecule has 0 bridgehead atoms. The topological polar surface area (TPSA) is 112 Å². The number of aromatic nitrogens is 4. The maximum atomic E-state index is 13.8. The van der Waals surface area contributed by atoms with Gasteiger partial charge in [0.15, 0.2) is 0 Å². The lowest BCUT2D eigenvalue weighted by Gasteiger charge is -2.12. The summed E-state index contributed by atoms with van der Waals surface area (Å²) in [5.41, 5.74) is 13.3. The molecule has 2 aromatic carbocycles. The molecule has 4 aromatic heterocycles. The fourth-order valence-corrected chi connectivity index (χ4v) is 10.4. The Morgan fingerprint density at radius 3 is 1.62 bits per heavy atom. The van der Waals surface area contributed by atoms with Crippen molar-refractivity contribution in [3.05, 3.63) is 148 Å². The number of fused-ring (bicyclic) bond motifs is 4. The highest BCUT2D eigenvalue weighted by atomic mass is 35.5. The average Bonchev–Trinajstić information content (AvgIpc) is 4.00. The van der Waals surface area contributed by atoms with Gasteiger partial charge in [-0.15, -0.1) is 0 Å². The second-order valence-corrected chi connectivity index (χ2v) is 17.9. The van der Waals surface area contributed by atoms with Crippen molar-refractivity contribution >= 4 is 84.5 Å². The fraction of sp³-hybridized carbons (Fsp3) is 0.306.